The highest BCUT2D eigenvalue weighted by Gasteiger charge is 2.36. The van der Waals surface area contributed by atoms with E-state index in [0.717, 1.165) is 28.1 Å². The Balaban J connectivity index is 2.27. The van der Waals surface area contributed by atoms with Gasteiger partial charge in [0.25, 0.3) is 0 Å². The van der Waals surface area contributed by atoms with Crippen LogP contribution in [-0.2, 0) is 10.3 Å². The molecule has 23 heavy (non-hydrogen) atoms. The van der Waals surface area contributed by atoms with Crippen LogP contribution in [-0.4, -0.2) is 7.11 Å². The summed E-state index contributed by atoms with van der Waals surface area (Å²) in [4.78, 5) is 0. The van der Waals surface area contributed by atoms with Crippen molar-refractivity contribution in [3.8, 4) is 0 Å². The molecule has 0 bridgehead atoms. The molecular formula is C20H20N2O. The van der Waals surface area contributed by atoms with E-state index in [1.807, 2.05) is 66.7 Å². The van der Waals surface area contributed by atoms with Gasteiger partial charge < -0.3 is 16.2 Å². The first-order chi connectivity index (χ1) is 11.2. The lowest BCUT2D eigenvalue weighted by Gasteiger charge is -2.34. The molecule has 0 unspecified atom stereocenters. The van der Waals surface area contributed by atoms with Crippen LogP contribution in [0.4, 0.5) is 11.4 Å². The maximum atomic E-state index is 6.09. The molecule has 116 valence electrons. The van der Waals surface area contributed by atoms with Crippen LogP contribution in [0.1, 0.15) is 16.7 Å². The normalized spacial score (nSPS) is 11.3. The number of methoxy groups -OCH3 is 1. The van der Waals surface area contributed by atoms with E-state index in [1.54, 1.807) is 7.11 Å². The van der Waals surface area contributed by atoms with Crippen LogP contribution in [0.2, 0.25) is 0 Å². The molecule has 0 spiro atoms. The molecule has 0 atom stereocenters. The number of nitrogen functional groups attached to an aromatic ring is 2. The monoisotopic (exact) mass is 304 g/mol. The molecule has 3 aromatic carbocycles. The van der Waals surface area contributed by atoms with E-state index in [0.29, 0.717) is 0 Å². The van der Waals surface area contributed by atoms with Gasteiger partial charge in [-0.3, -0.25) is 0 Å². The SMILES string of the molecule is COC(c1ccccc1)(c1ccc(N)cc1)c1ccc(N)cc1. The van der Waals surface area contributed by atoms with Crippen molar-refractivity contribution in [2.45, 2.75) is 5.60 Å². The second kappa shape index (κ2) is 6.15. The van der Waals surface area contributed by atoms with Crippen LogP contribution in [0.25, 0.3) is 0 Å². The predicted molar refractivity (Wildman–Crippen MR) is 95.0 cm³/mol. The molecule has 3 heteroatoms. The first-order valence-electron chi connectivity index (χ1n) is 7.49. The number of hydrogen-bond donors (Lipinski definition) is 2. The zero-order valence-corrected chi connectivity index (χ0v) is 13.1. The van der Waals surface area contributed by atoms with Crippen LogP contribution in [0.15, 0.2) is 78.9 Å². The Morgan fingerprint density at radius 1 is 0.609 bits per heavy atom. The minimum atomic E-state index is -0.706. The van der Waals surface area contributed by atoms with Crippen LogP contribution in [0.3, 0.4) is 0 Å². The van der Waals surface area contributed by atoms with E-state index >= 15 is 0 Å². The van der Waals surface area contributed by atoms with E-state index < -0.39 is 5.60 Å². The molecule has 0 aromatic heterocycles. The Morgan fingerprint density at radius 3 is 1.39 bits per heavy atom. The molecular weight excluding hydrogens is 284 g/mol. The maximum Gasteiger partial charge on any atom is 0.143 e. The molecule has 3 aromatic rings. The van der Waals surface area contributed by atoms with Crippen molar-refractivity contribution in [2.24, 2.45) is 0 Å². The fourth-order valence-electron chi connectivity index (χ4n) is 2.96. The first-order valence-corrected chi connectivity index (χ1v) is 7.49. The summed E-state index contributed by atoms with van der Waals surface area (Å²) in [6, 6.07) is 25.7. The van der Waals surface area contributed by atoms with Crippen LogP contribution < -0.4 is 11.5 Å². The second-order valence-corrected chi connectivity index (χ2v) is 5.50. The van der Waals surface area contributed by atoms with Crippen molar-refractivity contribution in [3.05, 3.63) is 95.6 Å². The van der Waals surface area contributed by atoms with Crippen molar-refractivity contribution >= 4 is 11.4 Å². The minimum absolute atomic E-state index is 0.706. The maximum absolute atomic E-state index is 6.09. The van der Waals surface area contributed by atoms with Gasteiger partial charge in [-0.25, -0.2) is 0 Å². The smallest absolute Gasteiger partial charge is 0.143 e. The van der Waals surface area contributed by atoms with E-state index in [4.69, 9.17) is 16.2 Å². The van der Waals surface area contributed by atoms with Gasteiger partial charge in [0.1, 0.15) is 5.60 Å². The molecule has 0 radical (unpaired) electrons. The predicted octanol–water partition coefficient (Wildman–Crippen LogP) is 3.79. The molecule has 0 amide bonds. The Hall–Kier alpha value is -2.78. The third-order valence-corrected chi connectivity index (χ3v) is 4.12. The lowest BCUT2D eigenvalue weighted by Crippen LogP contribution is -2.31. The zero-order valence-electron chi connectivity index (χ0n) is 13.1. The molecule has 3 nitrogen and oxygen atoms in total. The van der Waals surface area contributed by atoms with Crippen LogP contribution >= 0.6 is 0 Å². The Morgan fingerprint density at radius 2 is 1.00 bits per heavy atom. The molecule has 0 saturated carbocycles. The number of rotatable bonds is 4. The standard InChI is InChI=1S/C20H20N2O/c1-23-20(15-5-3-2-4-6-15,16-7-11-18(21)12-8-16)17-9-13-19(22)14-10-17/h2-14H,21-22H2,1H3. The highest BCUT2D eigenvalue weighted by Crippen LogP contribution is 2.40. The quantitative estimate of drug-likeness (QED) is 0.569. The third kappa shape index (κ3) is 2.67. The molecule has 0 fully saturated rings. The summed E-state index contributed by atoms with van der Waals surface area (Å²) in [5, 5.41) is 0. The summed E-state index contributed by atoms with van der Waals surface area (Å²) in [5.74, 6) is 0. The highest BCUT2D eigenvalue weighted by atomic mass is 16.5. The number of benzene rings is 3. The Kier molecular flexibility index (Phi) is 4.04. The van der Waals surface area contributed by atoms with E-state index in [2.05, 4.69) is 12.1 Å². The number of hydrogen-bond acceptors (Lipinski definition) is 3. The Labute approximate surface area is 136 Å². The minimum Gasteiger partial charge on any atom is -0.399 e. The van der Waals surface area contributed by atoms with Crippen molar-refractivity contribution in [2.75, 3.05) is 18.6 Å². The van der Waals surface area contributed by atoms with Crippen molar-refractivity contribution in [1.29, 1.82) is 0 Å². The van der Waals surface area contributed by atoms with Gasteiger partial charge in [0.05, 0.1) is 0 Å². The summed E-state index contributed by atoms with van der Waals surface area (Å²) < 4.78 is 6.09. The van der Waals surface area contributed by atoms with E-state index in [1.165, 1.54) is 0 Å². The third-order valence-electron chi connectivity index (χ3n) is 4.12. The highest BCUT2D eigenvalue weighted by molar-refractivity contribution is 5.52. The number of nitrogens with two attached hydrogens (primary N) is 2. The molecule has 4 N–H and O–H groups in total. The average molecular weight is 304 g/mol. The second-order valence-electron chi connectivity index (χ2n) is 5.50. The van der Waals surface area contributed by atoms with Crippen LogP contribution in [0, 0.1) is 0 Å². The zero-order chi connectivity index (χ0) is 16.3. The lowest BCUT2D eigenvalue weighted by atomic mass is 9.80. The van der Waals surface area contributed by atoms with Crippen molar-refractivity contribution in [3.63, 3.8) is 0 Å². The number of anilines is 2. The van der Waals surface area contributed by atoms with Crippen molar-refractivity contribution < 1.29 is 4.74 Å². The topological polar surface area (TPSA) is 61.3 Å². The first kappa shape index (κ1) is 15.1. The van der Waals surface area contributed by atoms with Crippen LogP contribution in [0.5, 0.6) is 0 Å². The Bertz CT molecular complexity index is 720. The van der Waals surface area contributed by atoms with Gasteiger partial charge in [-0.2, -0.15) is 0 Å². The molecule has 0 aliphatic rings. The van der Waals surface area contributed by atoms with Gasteiger partial charge in [-0.15, -0.1) is 0 Å². The fourth-order valence-corrected chi connectivity index (χ4v) is 2.96. The molecule has 3 rings (SSSR count). The van der Waals surface area contributed by atoms with Gasteiger partial charge in [-0.1, -0.05) is 54.6 Å². The van der Waals surface area contributed by atoms with Gasteiger partial charge in [-0.05, 0) is 41.0 Å². The molecule has 0 saturated heterocycles. The summed E-state index contributed by atoms with van der Waals surface area (Å²) in [7, 11) is 1.72. The van der Waals surface area contributed by atoms with E-state index in [-0.39, 0.29) is 0 Å². The number of ether oxygens (including phenoxy) is 1. The van der Waals surface area contributed by atoms with E-state index in [9.17, 15) is 0 Å². The van der Waals surface area contributed by atoms with Gasteiger partial charge in [0.2, 0.25) is 0 Å². The molecule has 0 aliphatic carbocycles. The van der Waals surface area contributed by atoms with Gasteiger partial charge in [0.15, 0.2) is 0 Å². The molecule has 0 aliphatic heterocycles. The van der Waals surface area contributed by atoms with Gasteiger partial charge in [0, 0.05) is 18.5 Å². The molecule has 0 heterocycles. The van der Waals surface area contributed by atoms with Crippen molar-refractivity contribution in [1.82, 2.24) is 0 Å². The summed E-state index contributed by atoms with van der Waals surface area (Å²) in [6.07, 6.45) is 0. The summed E-state index contributed by atoms with van der Waals surface area (Å²) >= 11 is 0. The largest absolute Gasteiger partial charge is 0.399 e. The fraction of sp³-hybridized carbons (Fsp3) is 0.100. The summed E-state index contributed by atoms with van der Waals surface area (Å²) in [6.45, 7) is 0. The lowest BCUT2D eigenvalue weighted by molar-refractivity contribution is 0.0585. The van der Waals surface area contributed by atoms with Gasteiger partial charge >= 0.3 is 0 Å². The average Bonchev–Trinajstić information content (AvgIpc) is 2.60. The summed E-state index contributed by atoms with van der Waals surface area (Å²) in [5.41, 5.74) is 15.5.